The van der Waals surface area contributed by atoms with Crippen LogP contribution in [0.15, 0.2) is 0 Å². The first-order valence-electron chi connectivity index (χ1n) is 2.95. The Labute approximate surface area is 46.8 Å². The van der Waals surface area contributed by atoms with Crippen LogP contribution in [0.2, 0.25) is 0 Å². The third-order valence-corrected chi connectivity index (χ3v) is 0.945. The topological polar surface area (TPSA) is 0 Å². The van der Waals surface area contributed by atoms with Crippen LogP contribution < -0.4 is 0 Å². The summed E-state index contributed by atoms with van der Waals surface area (Å²) in [6.07, 6.45) is 3.24. The van der Waals surface area contributed by atoms with Crippen molar-refractivity contribution in [2.75, 3.05) is 5.73 Å². The Hall–Kier alpha value is 0.350. The molecule has 0 aliphatic rings. The molecule has 0 aliphatic carbocycles. The van der Waals surface area contributed by atoms with Gasteiger partial charge in [0.1, 0.15) is 0 Å². The van der Waals surface area contributed by atoms with Crippen LogP contribution in [0.1, 0.15) is 27.6 Å². The van der Waals surface area contributed by atoms with Gasteiger partial charge in [0.05, 0.1) is 0 Å². The minimum Gasteiger partial charge on any atom is -0.179 e. The molecule has 0 amide bonds. The Kier molecular flexibility index (Phi) is 4.02. The number of thiol groups is 1. The first-order valence-corrected chi connectivity index (χ1v) is 2.89. The van der Waals surface area contributed by atoms with Crippen LogP contribution in [0.5, 0.6) is 0 Å². The van der Waals surface area contributed by atoms with Crippen LogP contribution in [0.3, 0.4) is 0 Å². The Morgan fingerprint density at radius 2 is 2.33 bits per heavy atom. The van der Waals surface area contributed by atoms with Gasteiger partial charge in [0.2, 0.25) is 0 Å². The molecule has 0 saturated carbocycles. The molecule has 0 aromatic rings. The zero-order valence-electron chi connectivity index (χ0n) is 5.15. The summed E-state index contributed by atoms with van der Waals surface area (Å²) in [6, 6.07) is 0. The highest BCUT2D eigenvalue weighted by Gasteiger charge is 1.75. The van der Waals surface area contributed by atoms with Crippen molar-refractivity contribution in [3.8, 4) is 0 Å². The van der Waals surface area contributed by atoms with E-state index in [1.807, 2.05) is 0 Å². The van der Waals surface area contributed by atoms with Crippen molar-refractivity contribution >= 4 is 12.6 Å². The molecule has 0 bridgehead atoms. The molecule has 0 radical (unpaired) electrons. The Morgan fingerprint density at radius 3 is 2.50 bits per heavy atom. The summed E-state index contributed by atoms with van der Waals surface area (Å²) >= 11 is 3.90. The fourth-order valence-corrected chi connectivity index (χ4v) is 0.478. The van der Waals surface area contributed by atoms with Crippen molar-refractivity contribution < 1.29 is 1.37 Å². The molecule has 0 saturated heterocycles. The maximum atomic E-state index is 6.95. The van der Waals surface area contributed by atoms with Crippen molar-refractivity contribution in [1.29, 1.82) is 0 Å². The highest BCUT2D eigenvalue weighted by atomic mass is 32.1. The fourth-order valence-electron chi connectivity index (χ4n) is 0.295. The summed E-state index contributed by atoms with van der Waals surface area (Å²) in [6.45, 7) is 2.12. The van der Waals surface area contributed by atoms with Crippen molar-refractivity contribution in [2.45, 2.75) is 26.2 Å². The number of hydrogen-bond acceptors (Lipinski definition) is 1. The van der Waals surface area contributed by atoms with Crippen molar-refractivity contribution in [2.24, 2.45) is 0 Å². The van der Waals surface area contributed by atoms with Gasteiger partial charge < -0.3 is 0 Å². The highest BCUT2D eigenvalue weighted by Crippen LogP contribution is 1.93. The van der Waals surface area contributed by atoms with Crippen LogP contribution in [0, 0.1) is 0 Å². The van der Waals surface area contributed by atoms with Crippen molar-refractivity contribution in [1.82, 2.24) is 0 Å². The van der Waals surface area contributed by atoms with Gasteiger partial charge in [0.15, 0.2) is 0 Å². The summed E-state index contributed by atoms with van der Waals surface area (Å²) in [5.41, 5.74) is -0.153. The second-order valence-electron chi connectivity index (χ2n) is 1.32. The molecule has 6 heavy (non-hydrogen) atoms. The van der Waals surface area contributed by atoms with E-state index in [0.29, 0.717) is 0 Å². The second-order valence-corrected chi connectivity index (χ2v) is 1.69. The summed E-state index contributed by atoms with van der Waals surface area (Å²) in [5.74, 6) is 0. The van der Waals surface area contributed by atoms with Crippen LogP contribution in [-0.4, -0.2) is 5.73 Å². The molecule has 1 unspecified atom stereocenters. The molecule has 0 rings (SSSR count). The predicted molar refractivity (Wildman–Crippen MR) is 33.4 cm³/mol. The average Bonchev–Trinajstić information content (AvgIpc) is 1.61. The first-order chi connectivity index (χ1) is 3.27. The lowest BCUT2D eigenvalue weighted by molar-refractivity contribution is 0.780. The predicted octanol–water partition coefficient (Wildman–Crippen LogP) is 2.11. The maximum absolute atomic E-state index is 6.95. The molecule has 1 atom stereocenters. The Balaban J connectivity index is 2.68. The SMILES string of the molecule is [2H]C(S)CCCC. The number of unbranched alkanes of at least 4 members (excludes halogenated alkanes) is 1. The Morgan fingerprint density at radius 1 is 1.67 bits per heavy atom. The third-order valence-electron chi connectivity index (χ3n) is 0.687. The smallest absolute Gasteiger partial charge is 0.0378 e. The molecule has 0 heterocycles. The largest absolute Gasteiger partial charge is 0.179 e. The van der Waals surface area contributed by atoms with Gasteiger partial charge in [-0.1, -0.05) is 19.8 Å². The van der Waals surface area contributed by atoms with Gasteiger partial charge in [-0.25, -0.2) is 0 Å². The molecule has 0 aromatic heterocycles. The van der Waals surface area contributed by atoms with Gasteiger partial charge in [0, 0.05) is 1.37 Å². The van der Waals surface area contributed by atoms with Crippen LogP contribution in [-0.2, 0) is 0 Å². The first kappa shape index (κ1) is 4.51. The van der Waals surface area contributed by atoms with E-state index in [4.69, 9.17) is 1.37 Å². The normalized spacial score (nSPS) is 16.7. The van der Waals surface area contributed by atoms with E-state index >= 15 is 0 Å². The van der Waals surface area contributed by atoms with Gasteiger partial charge in [-0.2, -0.15) is 12.6 Å². The summed E-state index contributed by atoms with van der Waals surface area (Å²) < 4.78 is 6.95. The van der Waals surface area contributed by atoms with Crippen LogP contribution in [0.25, 0.3) is 0 Å². The van der Waals surface area contributed by atoms with E-state index in [0.717, 1.165) is 12.8 Å². The number of rotatable bonds is 3. The van der Waals surface area contributed by atoms with E-state index in [1.54, 1.807) is 0 Å². The van der Waals surface area contributed by atoms with Crippen molar-refractivity contribution in [3.63, 3.8) is 0 Å². The summed E-state index contributed by atoms with van der Waals surface area (Å²) in [7, 11) is 0. The fraction of sp³-hybridized carbons (Fsp3) is 1.00. The second kappa shape index (κ2) is 5.35. The average molecular weight is 105 g/mol. The van der Waals surface area contributed by atoms with Gasteiger partial charge >= 0.3 is 0 Å². The van der Waals surface area contributed by atoms with Crippen LogP contribution in [0.4, 0.5) is 0 Å². The number of hydrogen-bond donors (Lipinski definition) is 1. The molecule has 38 valence electrons. The lowest BCUT2D eigenvalue weighted by atomic mass is 10.3. The molecule has 0 N–H and O–H groups in total. The van der Waals surface area contributed by atoms with E-state index in [1.165, 1.54) is 6.42 Å². The standard InChI is InChI=1S/C5H12S/c1-2-3-4-5-6/h6H,2-5H2,1H3/i5D. The third kappa shape index (κ3) is 4.35. The zero-order valence-corrected chi connectivity index (χ0v) is 5.04. The van der Waals surface area contributed by atoms with Gasteiger partial charge in [-0.05, 0) is 12.1 Å². The molecule has 0 fully saturated rings. The van der Waals surface area contributed by atoms with E-state index in [-0.39, 0.29) is 5.73 Å². The monoisotopic (exact) mass is 105 g/mol. The minimum absolute atomic E-state index is 0.153. The van der Waals surface area contributed by atoms with E-state index in [9.17, 15) is 0 Å². The molecule has 1 heteroatoms. The van der Waals surface area contributed by atoms with E-state index < -0.39 is 0 Å². The quantitative estimate of drug-likeness (QED) is 0.522. The molecule has 0 aliphatic heterocycles. The highest BCUT2D eigenvalue weighted by molar-refractivity contribution is 7.80. The molecule has 0 nitrogen and oxygen atoms in total. The van der Waals surface area contributed by atoms with Gasteiger partial charge in [0.25, 0.3) is 0 Å². The Bertz CT molecular complexity index is 37.1. The zero-order chi connectivity index (χ0) is 5.70. The molecular formula is C5H12S. The van der Waals surface area contributed by atoms with Crippen LogP contribution >= 0.6 is 12.6 Å². The van der Waals surface area contributed by atoms with E-state index in [2.05, 4.69) is 19.6 Å². The molecule has 0 aromatic carbocycles. The lowest BCUT2D eigenvalue weighted by Crippen LogP contribution is -1.70. The van der Waals surface area contributed by atoms with Gasteiger partial charge in [-0.15, -0.1) is 0 Å². The summed E-state index contributed by atoms with van der Waals surface area (Å²) in [5, 5.41) is 0. The molecule has 0 spiro atoms. The summed E-state index contributed by atoms with van der Waals surface area (Å²) in [4.78, 5) is 0. The van der Waals surface area contributed by atoms with Gasteiger partial charge in [-0.3, -0.25) is 0 Å². The minimum atomic E-state index is -0.153. The maximum Gasteiger partial charge on any atom is 0.0378 e. The molecular weight excluding hydrogens is 92.1 g/mol. The van der Waals surface area contributed by atoms with Crippen molar-refractivity contribution in [3.05, 3.63) is 0 Å². The lowest BCUT2D eigenvalue weighted by Gasteiger charge is -1.85.